The van der Waals surface area contributed by atoms with Gasteiger partial charge in [-0.15, -0.1) is 11.3 Å². The van der Waals surface area contributed by atoms with Gasteiger partial charge in [0.1, 0.15) is 11.4 Å². The van der Waals surface area contributed by atoms with Crippen molar-refractivity contribution in [2.75, 3.05) is 0 Å². The molecule has 3 heterocycles. The molecule has 8 heteroatoms. The van der Waals surface area contributed by atoms with Gasteiger partial charge in [0.2, 0.25) is 0 Å². The van der Waals surface area contributed by atoms with E-state index in [1.54, 1.807) is 12.1 Å². The molecule has 3 aromatic heterocycles. The second kappa shape index (κ2) is 6.37. The third-order valence-corrected chi connectivity index (χ3v) is 4.59. The molecule has 0 radical (unpaired) electrons. The van der Waals surface area contributed by atoms with Crippen LogP contribution >= 0.6 is 11.3 Å². The number of hydrogen-bond acceptors (Lipinski definition) is 4. The van der Waals surface area contributed by atoms with Crippen LogP contribution in [0.5, 0.6) is 0 Å². The number of alkyl halides is 3. The van der Waals surface area contributed by atoms with Crippen molar-refractivity contribution in [2.24, 2.45) is 0 Å². The summed E-state index contributed by atoms with van der Waals surface area (Å²) in [5.41, 5.74) is 0.299. The van der Waals surface area contributed by atoms with Crippen LogP contribution in [0.4, 0.5) is 13.2 Å². The molecule has 0 aromatic carbocycles. The van der Waals surface area contributed by atoms with E-state index >= 15 is 0 Å². The molecule has 0 aliphatic carbocycles. The van der Waals surface area contributed by atoms with Gasteiger partial charge in [-0.3, -0.25) is 10.1 Å². The number of aromatic nitrogens is 3. The molecular weight excluding hydrogens is 339 g/mol. The third kappa shape index (κ3) is 3.65. The Morgan fingerprint density at radius 3 is 2.62 bits per heavy atom. The number of aryl methyl sites for hydroxylation is 1. The minimum Gasteiger partial charge on any atom is -0.387 e. The van der Waals surface area contributed by atoms with E-state index < -0.39 is 18.0 Å². The molecule has 4 nitrogen and oxygen atoms in total. The van der Waals surface area contributed by atoms with Crippen LogP contribution in [0.15, 0.2) is 36.5 Å². The molecule has 126 valence electrons. The molecule has 3 rings (SSSR count). The van der Waals surface area contributed by atoms with Gasteiger partial charge < -0.3 is 5.11 Å². The summed E-state index contributed by atoms with van der Waals surface area (Å²) in [6.45, 7) is 1.96. The fourth-order valence-electron chi connectivity index (χ4n) is 2.30. The molecule has 0 saturated heterocycles. The van der Waals surface area contributed by atoms with Crippen molar-refractivity contribution in [1.82, 2.24) is 15.2 Å². The average Bonchev–Trinajstić information content (AvgIpc) is 3.16. The summed E-state index contributed by atoms with van der Waals surface area (Å²) in [5, 5.41) is 15.9. The number of hydrogen-bond donors (Lipinski definition) is 2. The van der Waals surface area contributed by atoms with E-state index in [1.807, 2.05) is 24.2 Å². The van der Waals surface area contributed by atoms with E-state index in [0.717, 1.165) is 21.4 Å². The van der Waals surface area contributed by atoms with E-state index in [2.05, 4.69) is 10.1 Å². The summed E-state index contributed by atoms with van der Waals surface area (Å²) in [6, 6.07) is 8.09. The summed E-state index contributed by atoms with van der Waals surface area (Å²) < 4.78 is 37.9. The lowest BCUT2D eigenvalue weighted by atomic mass is 10.1. The van der Waals surface area contributed by atoms with Crippen LogP contribution in [0, 0.1) is 6.92 Å². The first-order valence-corrected chi connectivity index (χ1v) is 7.97. The number of H-pyrrole nitrogens is 1. The number of aromatic amines is 1. The molecule has 3 aromatic rings. The molecule has 1 unspecified atom stereocenters. The van der Waals surface area contributed by atoms with Gasteiger partial charge in [-0.25, -0.2) is 0 Å². The number of aliphatic hydroxyl groups excluding tert-OH is 1. The maximum atomic E-state index is 12.6. The van der Waals surface area contributed by atoms with Crippen LogP contribution in [0.1, 0.15) is 27.1 Å². The lowest BCUT2D eigenvalue weighted by Crippen LogP contribution is -2.04. The van der Waals surface area contributed by atoms with Crippen molar-refractivity contribution in [3.8, 4) is 11.4 Å². The molecule has 0 aliphatic heterocycles. The summed E-state index contributed by atoms with van der Waals surface area (Å²) in [7, 11) is 0. The summed E-state index contributed by atoms with van der Waals surface area (Å²) in [4.78, 5) is 6.02. The molecule has 0 bridgehead atoms. The first-order valence-electron chi connectivity index (χ1n) is 7.15. The second-order valence-electron chi connectivity index (χ2n) is 5.38. The van der Waals surface area contributed by atoms with Crippen molar-refractivity contribution in [1.29, 1.82) is 0 Å². The van der Waals surface area contributed by atoms with Gasteiger partial charge in [0.05, 0.1) is 11.8 Å². The molecule has 0 fully saturated rings. The van der Waals surface area contributed by atoms with Crippen molar-refractivity contribution in [3.63, 3.8) is 0 Å². The first-order chi connectivity index (χ1) is 11.3. The predicted octanol–water partition coefficient (Wildman–Crippen LogP) is 4.14. The number of pyridine rings is 1. The van der Waals surface area contributed by atoms with Crippen LogP contribution in [0.3, 0.4) is 0 Å². The minimum absolute atomic E-state index is 0.116. The maximum Gasteiger partial charge on any atom is 0.432 e. The Bertz CT molecular complexity index is 841. The van der Waals surface area contributed by atoms with Crippen LogP contribution in [0.25, 0.3) is 11.4 Å². The molecular formula is C16H14F3N3OS. The van der Waals surface area contributed by atoms with Gasteiger partial charge in [-0.1, -0.05) is 0 Å². The Kier molecular flexibility index (Phi) is 4.42. The molecule has 2 N–H and O–H groups in total. The smallest absolute Gasteiger partial charge is 0.387 e. The predicted molar refractivity (Wildman–Crippen MR) is 84.5 cm³/mol. The van der Waals surface area contributed by atoms with Crippen LogP contribution in [-0.4, -0.2) is 20.3 Å². The van der Waals surface area contributed by atoms with Crippen LogP contribution in [-0.2, 0) is 12.6 Å². The SMILES string of the molecule is Cc1ccc(C(O)Cc2ccnc(-c3cc(C(F)(F)F)[nH]n3)c2)s1. The normalized spacial score (nSPS) is 13.2. The van der Waals surface area contributed by atoms with Crippen molar-refractivity contribution in [2.45, 2.75) is 25.6 Å². The zero-order valence-electron chi connectivity index (χ0n) is 12.6. The summed E-state index contributed by atoms with van der Waals surface area (Å²) in [5.74, 6) is 0. The molecule has 0 saturated carbocycles. The molecule has 24 heavy (non-hydrogen) atoms. The highest BCUT2D eigenvalue weighted by atomic mass is 32.1. The highest BCUT2D eigenvalue weighted by Crippen LogP contribution is 2.30. The zero-order chi connectivity index (χ0) is 17.3. The molecule has 0 spiro atoms. The van der Waals surface area contributed by atoms with Crippen LogP contribution in [0.2, 0.25) is 0 Å². The van der Waals surface area contributed by atoms with Gasteiger partial charge in [0.25, 0.3) is 0 Å². The number of aliphatic hydroxyl groups is 1. The maximum absolute atomic E-state index is 12.6. The fraction of sp³-hybridized carbons (Fsp3) is 0.250. The highest BCUT2D eigenvalue weighted by Gasteiger charge is 2.33. The van der Waals surface area contributed by atoms with E-state index in [0.29, 0.717) is 12.1 Å². The number of nitrogens with zero attached hydrogens (tertiary/aromatic N) is 2. The topological polar surface area (TPSA) is 61.8 Å². The Hall–Kier alpha value is -2.19. The van der Waals surface area contributed by atoms with Crippen molar-refractivity contribution in [3.05, 3.63) is 57.5 Å². The Morgan fingerprint density at radius 1 is 1.21 bits per heavy atom. The van der Waals surface area contributed by atoms with E-state index in [9.17, 15) is 18.3 Å². The van der Waals surface area contributed by atoms with Gasteiger partial charge in [0.15, 0.2) is 0 Å². The number of thiophene rings is 1. The molecule has 0 aliphatic rings. The quantitative estimate of drug-likeness (QED) is 0.741. The number of rotatable bonds is 4. The lowest BCUT2D eigenvalue weighted by Gasteiger charge is -2.09. The Morgan fingerprint density at radius 2 is 2.00 bits per heavy atom. The number of nitrogens with one attached hydrogen (secondary N) is 1. The minimum atomic E-state index is -4.48. The van der Waals surface area contributed by atoms with E-state index in [1.165, 1.54) is 17.5 Å². The third-order valence-electron chi connectivity index (χ3n) is 3.49. The average molecular weight is 353 g/mol. The van der Waals surface area contributed by atoms with Gasteiger partial charge >= 0.3 is 6.18 Å². The molecule has 0 amide bonds. The first kappa shape index (κ1) is 16.7. The highest BCUT2D eigenvalue weighted by molar-refractivity contribution is 7.12. The summed E-state index contributed by atoms with van der Waals surface area (Å²) in [6.07, 6.45) is -3.29. The van der Waals surface area contributed by atoms with Gasteiger partial charge in [0, 0.05) is 22.4 Å². The fourth-order valence-corrected chi connectivity index (χ4v) is 3.16. The second-order valence-corrected chi connectivity index (χ2v) is 6.70. The largest absolute Gasteiger partial charge is 0.432 e. The monoisotopic (exact) mass is 353 g/mol. The van der Waals surface area contributed by atoms with Crippen molar-refractivity contribution >= 4 is 11.3 Å². The summed E-state index contributed by atoms with van der Waals surface area (Å²) >= 11 is 1.51. The van der Waals surface area contributed by atoms with Gasteiger partial charge in [-0.05, 0) is 42.8 Å². The van der Waals surface area contributed by atoms with E-state index in [4.69, 9.17) is 0 Å². The van der Waals surface area contributed by atoms with Gasteiger partial charge in [-0.2, -0.15) is 18.3 Å². The standard InChI is InChI=1S/C16H14F3N3OS/c1-9-2-3-14(24-9)13(23)7-10-4-5-20-11(6-10)12-8-15(22-21-12)16(17,18)19/h2-6,8,13,23H,7H2,1H3,(H,21,22). The van der Waals surface area contributed by atoms with Crippen LogP contribution < -0.4 is 0 Å². The Balaban J connectivity index is 1.80. The Labute approximate surface area is 140 Å². The number of halogens is 3. The lowest BCUT2D eigenvalue weighted by molar-refractivity contribution is -0.141. The van der Waals surface area contributed by atoms with Crippen molar-refractivity contribution < 1.29 is 18.3 Å². The zero-order valence-corrected chi connectivity index (χ0v) is 13.4. The van der Waals surface area contributed by atoms with E-state index in [-0.39, 0.29) is 5.69 Å². The molecule has 1 atom stereocenters.